The van der Waals surface area contributed by atoms with E-state index in [1.54, 1.807) is 26.0 Å². The summed E-state index contributed by atoms with van der Waals surface area (Å²) in [7, 11) is -2.81. The van der Waals surface area contributed by atoms with Crippen LogP contribution in [0.3, 0.4) is 0 Å². The Morgan fingerprint density at radius 3 is 2.39 bits per heavy atom. The highest BCUT2D eigenvalue weighted by Crippen LogP contribution is 2.27. The van der Waals surface area contributed by atoms with Gasteiger partial charge in [-0.1, -0.05) is 17.7 Å². The number of amides is 1. The number of aryl methyl sites for hydroxylation is 1. The molecule has 1 aromatic carbocycles. The minimum atomic E-state index is -4.15. The SMILES string of the molecule is COCO[C@H](COS(=O)(=O)c1ccc(C)cc1)[C@@H](O)[C@H](O)[C@@H](NC(C)=O)C1COC(C)(C)O1. The molecular weight excluding hydrogens is 458 g/mol. The number of aliphatic hydroxyl groups excluding tert-OH is 2. The largest absolute Gasteiger partial charge is 0.388 e. The van der Waals surface area contributed by atoms with Gasteiger partial charge in [-0.25, -0.2) is 0 Å². The number of aliphatic hydroxyl groups is 2. The van der Waals surface area contributed by atoms with E-state index in [-0.39, 0.29) is 18.3 Å². The molecule has 3 N–H and O–H groups in total. The fraction of sp³-hybridized carbons (Fsp3) is 0.667. The Balaban J connectivity index is 2.16. The van der Waals surface area contributed by atoms with Gasteiger partial charge >= 0.3 is 0 Å². The monoisotopic (exact) mass is 491 g/mol. The van der Waals surface area contributed by atoms with Gasteiger partial charge in [0.1, 0.15) is 31.2 Å². The maximum absolute atomic E-state index is 12.5. The third-order valence-electron chi connectivity index (χ3n) is 5.00. The first-order valence-corrected chi connectivity index (χ1v) is 11.8. The van der Waals surface area contributed by atoms with Gasteiger partial charge in [-0.3, -0.25) is 8.98 Å². The van der Waals surface area contributed by atoms with Crippen LogP contribution in [0.5, 0.6) is 0 Å². The number of hydrogen-bond donors (Lipinski definition) is 3. The number of carbonyl (C=O) groups excluding carboxylic acids is 1. The zero-order valence-corrected chi connectivity index (χ0v) is 20.2. The zero-order chi connectivity index (χ0) is 24.8. The molecular formula is C21H33NO10S. The summed E-state index contributed by atoms with van der Waals surface area (Å²) in [5, 5.41) is 24.3. The van der Waals surface area contributed by atoms with Gasteiger partial charge in [0.25, 0.3) is 10.1 Å². The van der Waals surface area contributed by atoms with Crippen LogP contribution in [0.4, 0.5) is 0 Å². The number of benzene rings is 1. The predicted molar refractivity (Wildman–Crippen MR) is 116 cm³/mol. The maximum Gasteiger partial charge on any atom is 0.297 e. The van der Waals surface area contributed by atoms with Crippen LogP contribution in [-0.4, -0.2) is 87.9 Å². The smallest absolute Gasteiger partial charge is 0.297 e. The van der Waals surface area contributed by atoms with Crippen molar-refractivity contribution in [3.05, 3.63) is 29.8 Å². The van der Waals surface area contributed by atoms with Crippen LogP contribution >= 0.6 is 0 Å². The van der Waals surface area contributed by atoms with Crippen LogP contribution in [0.15, 0.2) is 29.2 Å². The lowest BCUT2D eigenvalue weighted by Crippen LogP contribution is -2.58. The molecule has 0 saturated carbocycles. The summed E-state index contributed by atoms with van der Waals surface area (Å²) in [5.41, 5.74) is 0.874. The Hall–Kier alpha value is -1.64. The molecule has 1 aliphatic heterocycles. The summed E-state index contributed by atoms with van der Waals surface area (Å²) in [6.07, 6.45) is -5.36. The Morgan fingerprint density at radius 2 is 1.88 bits per heavy atom. The molecule has 5 atom stereocenters. The van der Waals surface area contributed by atoms with E-state index in [9.17, 15) is 23.4 Å². The normalized spacial score (nSPS) is 21.8. The van der Waals surface area contributed by atoms with Crippen molar-refractivity contribution in [3.63, 3.8) is 0 Å². The van der Waals surface area contributed by atoms with Gasteiger partial charge in [-0.05, 0) is 32.9 Å². The molecule has 0 aromatic heterocycles. The number of nitrogens with one attached hydrogen (secondary N) is 1. The molecule has 1 unspecified atom stereocenters. The first kappa shape index (κ1) is 27.6. The van der Waals surface area contributed by atoms with Crippen molar-refractivity contribution in [1.82, 2.24) is 5.32 Å². The fourth-order valence-corrected chi connectivity index (χ4v) is 4.21. The highest BCUT2D eigenvalue weighted by Gasteiger charge is 2.44. The van der Waals surface area contributed by atoms with Crippen molar-refractivity contribution in [1.29, 1.82) is 0 Å². The highest BCUT2D eigenvalue weighted by molar-refractivity contribution is 7.86. The van der Waals surface area contributed by atoms with Crippen molar-refractivity contribution < 1.29 is 46.6 Å². The average molecular weight is 492 g/mol. The Labute approximate surface area is 194 Å². The van der Waals surface area contributed by atoms with E-state index in [0.717, 1.165) is 5.56 Å². The van der Waals surface area contributed by atoms with Crippen molar-refractivity contribution in [2.45, 2.75) is 68.8 Å². The molecule has 11 nitrogen and oxygen atoms in total. The third kappa shape index (κ3) is 7.97. The minimum Gasteiger partial charge on any atom is -0.388 e. The summed E-state index contributed by atoms with van der Waals surface area (Å²) in [6, 6.07) is 4.97. The van der Waals surface area contributed by atoms with Crippen LogP contribution < -0.4 is 5.32 Å². The molecule has 1 heterocycles. The highest BCUT2D eigenvalue weighted by atomic mass is 32.2. The lowest BCUT2D eigenvalue weighted by atomic mass is 9.97. The molecule has 1 fully saturated rings. The first-order valence-electron chi connectivity index (χ1n) is 10.4. The van der Waals surface area contributed by atoms with Gasteiger partial charge in [-0.15, -0.1) is 0 Å². The fourth-order valence-electron chi connectivity index (χ4n) is 3.29. The summed E-state index contributed by atoms with van der Waals surface area (Å²) in [4.78, 5) is 11.7. The summed E-state index contributed by atoms with van der Waals surface area (Å²) < 4.78 is 51.6. The second-order valence-corrected chi connectivity index (χ2v) is 9.85. The topological polar surface area (TPSA) is 150 Å². The van der Waals surface area contributed by atoms with Crippen LogP contribution in [0.2, 0.25) is 0 Å². The van der Waals surface area contributed by atoms with Crippen molar-refractivity contribution >= 4 is 16.0 Å². The van der Waals surface area contributed by atoms with E-state index in [1.807, 2.05) is 6.92 Å². The van der Waals surface area contributed by atoms with E-state index in [4.69, 9.17) is 23.1 Å². The van der Waals surface area contributed by atoms with E-state index in [2.05, 4.69) is 5.32 Å². The molecule has 188 valence electrons. The summed E-state index contributed by atoms with van der Waals surface area (Å²) in [5.74, 6) is -1.41. The number of rotatable bonds is 12. The maximum atomic E-state index is 12.5. The quantitative estimate of drug-likeness (QED) is 0.271. The Morgan fingerprint density at radius 1 is 1.24 bits per heavy atom. The van der Waals surface area contributed by atoms with Crippen molar-refractivity contribution in [2.75, 3.05) is 27.1 Å². The number of hydrogen-bond acceptors (Lipinski definition) is 10. The predicted octanol–water partition coefficient (Wildman–Crippen LogP) is 0.0674. The first-order chi connectivity index (χ1) is 15.4. The molecule has 0 spiro atoms. The van der Waals surface area contributed by atoms with E-state index in [1.165, 1.54) is 26.2 Å². The Bertz CT molecular complexity index is 874. The minimum absolute atomic E-state index is 0.0592. The summed E-state index contributed by atoms with van der Waals surface area (Å²) in [6.45, 7) is 5.56. The Kier molecular flexibility index (Phi) is 9.76. The van der Waals surface area contributed by atoms with E-state index in [0.29, 0.717) is 0 Å². The lowest BCUT2D eigenvalue weighted by Gasteiger charge is -2.34. The second kappa shape index (κ2) is 11.7. The van der Waals surface area contributed by atoms with Gasteiger partial charge in [0, 0.05) is 14.0 Å². The van der Waals surface area contributed by atoms with Crippen LogP contribution in [0.1, 0.15) is 26.3 Å². The van der Waals surface area contributed by atoms with Crippen LogP contribution in [0.25, 0.3) is 0 Å². The van der Waals surface area contributed by atoms with E-state index < -0.39 is 58.9 Å². The third-order valence-corrected chi connectivity index (χ3v) is 6.29. The van der Waals surface area contributed by atoms with Gasteiger partial charge in [0.05, 0.1) is 24.2 Å². The van der Waals surface area contributed by atoms with Crippen LogP contribution in [0, 0.1) is 6.92 Å². The van der Waals surface area contributed by atoms with Gasteiger partial charge in [0.15, 0.2) is 5.79 Å². The molecule has 0 radical (unpaired) electrons. The van der Waals surface area contributed by atoms with Gasteiger partial charge < -0.3 is 34.5 Å². The molecule has 1 amide bonds. The number of carbonyl (C=O) groups is 1. The van der Waals surface area contributed by atoms with Crippen molar-refractivity contribution in [2.24, 2.45) is 0 Å². The number of ether oxygens (including phenoxy) is 4. The van der Waals surface area contributed by atoms with Gasteiger partial charge in [0.2, 0.25) is 5.91 Å². The van der Waals surface area contributed by atoms with E-state index >= 15 is 0 Å². The molecule has 12 heteroatoms. The molecule has 1 aromatic rings. The molecule has 33 heavy (non-hydrogen) atoms. The average Bonchev–Trinajstić information content (AvgIpc) is 3.10. The lowest BCUT2D eigenvalue weighted by molar-refractivity contribution is -0.169. The standard InChI is InChI=1S/C21H33NO10S/c1-13-6-8-15(9-7-13)33(26,27)31-11-17(29-12-28-5)19(24)20(25)18(22-14(2)23)16-10-30-21(3,4)32-16/h6-9,16-20,24-25H,10-12H2,1-5H3,(H,22,23)/t16?,17-,18+,19-,20-/m1/s1. The molecule has 0 aliphatic carbocycles. The van der Waals surface area contributed by atoms with Crippen LogP contribution in [-0.2, 0) is 38.0 Å². The summed E-state index contributed by atoms with van der Waals surface area (Å²) >= 11 is 0. The number of methoxy groups -OCH3 is 1. The molecule has 1 saturated heterocycles. The zero-order valence-electron chi connectivity index (χ0n) is 19.4. The molecule has 0 bridgehead atoms. The molecule has 1 aliphatic rings. The second-order valence-electron chi connectivity index (χ2n) is 8.24. The van der Waals surface area contributed by atoms with Gasteiger partial charge in [-0.2, -0.15) is 8.42 Å². The van der Waals surface area contributed by atoms with Crippen molar-refractivity contribution in [3.8, 4) is 0 Å². The molecule has 2 rings (SSSR count).